The molecule has 0 fully saturated rings. The van der Waals surface area contributed by atoms with E-state index in [1.807, 2.05) is 59.1 Å². The van der Waals surface area contributed by atoms with E-state index in [9.17, 15) is 34.8 Å². The Labute approximate surface area is 249 Å². The Balaban J connectivity index is 1.75. The number of aliphatic hydroxyl groups is 3. The number of aliphatic hydroxyl groups excluding tert-OH is 2. The van der Waals surface area contributed by atoms with Gasteiger partial charge in [-0.2, -0.15) is 0 Å². The molecular weight excluding hydrogens is 641 g/mol. The van der Waals surface area contributed by atoms with E-state index in [1.165, 1.54) is 4.90 Å². The zero-order valence-electron chi connectivity index (χ0n) is 22.9. The number of benzene rings is 2. The summed E-state index contributed by atoms with van der Waals surface area (Å²) in [6.07, 6.45) is 0.249. The molecule has 41 heavy (non-hydrogen) atoms. The average Bonchev–Trinajstić information content (AvgIpc) is 2.90. The number of carbonyl (C=O) groups is 3. The SMILES string of the molecule is CN(C)c1cc(-c2ccc(C#I)cc2)c(O)c2c1CC1C[C@H]3[C@H](N(C)C)C(O)=C(C(N)=O)C(=O)[C@@]3(O)C(O)=C1C2=O. The molecule has 0 aromatic heterocycles. The monoisotopic (exact) mass is 671 g/mol. The summed E-state index contributed by atoms with van der Waals surface area (Å²) in [5.41, 5.74) is 4.85. The Morgan fingerprint density at radius 1 is 1.10 bits per heavy atom. The Morgan fingerprint density at radius 3 is 2.27 bits per heavy atom. The van der Waals surface area contributed by atoms with Gasteiger partial charge in [0.15, 0.2) is 0 Å². The molecule has 3 aliphatic rings. The van der Waals surface area contributed by atoms with Gasteiger partial charge < -0.3 is 15.9 Å². The summed E-state index contributed by atoms with van der Waals surface area (Å²) >= 11 is 2.01. The molecule has 0 heterocycles. The van der Waals surface area contributed by atoms with Gasteiger partial charge in [-0.3, -0.25) is 14.5 Å². The van der Waals surface area contributed by atoms with E-state index in [2.05, 4.69) is 3.81 Å². The fourth-order valence-electron chi connectivity index (χ4n) is 6.63. The minimum absolute atomic E-state index is 0.0249. The van der Waals surface area contributed by atoms with Crippen LogP contribution >= 0.6 is 21.9 Å². The Bertz CT molecular complexity index is 1630. The van der Waals surface area contributed by atoms with E-state index in [0.29, 0.717) is 22.4 Å². The predicted molar refractivity (Wildman–Crippen MR) is 160 cm³/mol. The number of aromatic hydroxyl groups is 1. The molecule has 2 aromatic carbocycles. The first-order chi connectivity index (χ1) is 19.2. The number of allylic oxidation sites excluding steroid dienone is 1. The van der Waals surface area contributed by atoms with Crippen LogP contribution in [-0.4, -0.2) is 82.6 Å². The summed E-state index contributed by atoms with van der Waals surface area (Å²) in [4.78, 5) is 43.2. The van der Waals surface area contributed by atoms with Crippen molar-refractivity contribution in [1.82, 2.24) is 4.90 Å². The summed E-state index contributed by atoms with van der Waals surface area (Å²) in [6, 6.07) is 8.03. The van der Waals surface area contributed by atoms with Crippen molar-refractivity contribution in [1.29, 1.82) is 0 Å². The molecule has 3 aliphatic carbocycles. The molecular formula is C30H30IN3O7. The molecule has 6 N–H and O–H groups in total. The van der Waals surface area contributed by atoms with Crippen molar-refractivity contribution in [3.05, 3.63) is 69.7 Å². The van der Waals surface area contributed by atoms with Crippen molar-refractivity contribution in [2.45, 2.75) is 24.5 Å². The van der Waals surface area contributed by atoms with Crippen LogP contribution in [0.5, 0.6) is 5.75 Å². The maximum absolute atomic E-state index is 14.2. The summed E-state index contributed by atoms with van der Waals surface area (Å²) in [5.74, 6) is -6.71. The molecule has 11 heteroatoms. The summed E-state index contributed by atoms with van der Waals surface area (Å²) in [7, 11) is 6.84. The van der Waals surface area contributed by atoms with Gasteiger partial charge in [-0.15, -0.1) is 0 Å². The van der Waals surface area contributed by atoms with Crippen molar-refractivity contribution in [3.63, 3.8) is 0 Å². The number of fused-ring (bicyclic) bond motifs is 3. The number of nitrogens with two attached hydrogens (primary N) is 1. The molecule has 4 atom stereocenters. The fourth-order valence-corrected chi connectivity index (χ4v) is 6.99. The third kappa shape index (κ3) is 4.10. The molecule has 2 aromatic rings. The van der Waals surface area contributed by atoms with Gasteiger partial charge in [-0.05, 0) is 14.1 Å². The number of primary amides is 1. The molecule has 1 unspecified atom stereocenters. The molecule has 0 spiro atoms. The number of likely N-dealkylation sites (N-methyl/N-ethyl adjacent to an activating group) is 1. The predicted octanol–water partition coefficient (Wildman–Crippen LogP) is 2.60. The van der Waals surface area contributed by atoms with Crippen LogP contribution in [0.4, 0.5) is 5.69 Å². The number of ketones is 2. The van der Waals surface area contributed by atoms with Crippen molar-refractivity contribution in [2.24, 2.45) is 17.6 Å². The van der Waals surface area contributed by atoms with Crippen molar-refractivity contribution in [3.8, 4) is 20.7 Å². The van der Waals surface area contributed by atoms with Crippen LogP contribution < -0.4 is 10.6 Å². The van der Waals surface area contributed by atoms with Gasteiger partial charge in [-0.1, -0.05) is 0 Å². The number of hydrogen-bond acceptors (Lipinski definition) is 9. The van der Waals surface area contributed by atoms with Crippen LogP contribution in [0.25, 0.3) is 11.1 Å². The van der Waals surface area contributed by atoms with E-state index in [0.717, 1.165) is 5.56 Å². The maximum atomic E-state index is 14.2. The van der Waals surface area contributed by atoms with Crippen LogP contribution in [-0.2, 0) is 16.0 Å². The number of hydrogen-bond donors (Lipinski definition) is 5. The van der Waals surface area contributed by atoms with Gasteiger partial charge in [0.2, 0.25) is 5.78 Å². The molecule has 0 bridgehead atoms. The van der Waals surface area contributed by atoms with Crippen LogP contribution in [0.2, 0.25) is 0 Å². The quantitative estimate of drug-likeness (QED) is 0.243. The molecule has 0 aliphatic heterocycles. The van der Waals surface area contributed by atoms with Gasteiger partial charge in [0.05, 0.1) is 6.04 Å². The van der Waals surface area contributed by atoms with Crippen molar-refractivity contribution >= 4 is 45.1 Å². The second-order valence-electron chi connectivity index (χ2n) is 11.2. The summed E-state index contributed by atoms with van der Waals surface area (Å²) in [5, 5.41) is 45.7. The van der Waals surface area contributed by atoms with Gasteiger partial charge in [0.1, 0.15) is 11.3 Å². The molecule has 10 nitrogen and oxygen atoms in total. The third-order valence-electron chi connectivity index (χ3n) is 8.49. The first-order valence-electron chi connectivity index (χ1n) is 12.9. The number of Topliss-reactive ketones (excluding diaryl/α,β-unsaturated/α-hetero) is 2. The number of carbonyl (C=O) groups excluding carboxylic acids is 3. The van der Waals surface area contributed by atoms with Gasteiger partial charge in [0, 0.05) is 5.92 Å². The minimum atomic E-state index is -2.68. The zero-order valence-corrected chi connectivity index (χ0v) is 25.1. The van der Waals surface area contributed by atoms with E-state index in [-0.39, 0.29) is 29.7 Å². The van der Waals surface area contributed by atoms with Crippen LogP contribution in [0.3, 0.4) is 0 Å². The number of anilines is 1. The Kier molecular flexibility index (Phi) is 7.06. The van der Waals surface area contributed by atoms with Crippen LogP contribution in [0.15, 0.2) is 53.0 Å². The van der Waals surface area contributed by atoms with E-state index >= 15 is 0 Å². The molecule has 1 amide bonds. The van der Waals surface area contributed by atoms with Crippen LogP contribution in [0, 0.1) is 15.6 Å². The van der Waals surface area contributed by atoms with E-state index in [4.69, 9.17) is 5.73 Å². The fraction of sp³-hybridized carbons (Fsp3) is 0.333. The molecule has 0 saturated heterocycles. The zero-order chi connectivity index (χ0) is 30.1. The van der Waals surface area contributed by atoms with Crippen molar-refractivity contribution in [2.75, 3.05) is 33.1 Å². The van der Waals surface area contributed by atoms with Crippen molar-refractivity contribution < 1.29 is 34.8 Å². The molecule has 5 rings (SSSR count). The molecule has 0 radical (unpaired) electrons. The van der Waals surface area contributed by atoms with Crippen LogP contribution in [0.1, 0.15) is 27.9 Å². The summed E-state index contributed by atoms with van der Waals surface area (Å²) < 4.78 is 3.00. The number of amides is 1. The Morgan fingerprint density at radius 2 is 1.73 bits per heavy atom. The molecule has 0 saturated carbocycles. The standard InChI is InChI=1S/C30H30IN3O7/c1-33(2)19-11-16(14-7-5-13(12-31)6-8-14)24(35)21-17(19)9-15-10-18-23(34(3)4)26(37)22(29(32)40)28(39)30(18,41)27(38)20(15)25(21)36/h5-8,11,15,18,23,35,37-38,41H,9-10H2,1-4H3,(H2,32,40)/t15?,18-,23-,30-/m0/s1. The second kappa shape index (κ2) is 10.0. The third-order valence-corrected chi connectivity index (χ3v) is 9.11. The normalized spacial score (nSPS) is 25.5. The molecule has 214 valence electrons. The van der Waals surface area contributed by atoms with E-state index in [1.54, 1.807) is 26.2 Å². The first kappa shape index (κ1) is 28.9. The summed E-state index contributed by atoms with van der Waals surface area (Å²) in [6.45, 7) is 0. The van der Waals surface area contributed by atoms with Gasteiger partial charge in [0.25, 0.3) is 5.91 Å². The first-order valence-corrected chi connectivity index (χ1v) is 14.0. The number of nitrogens with zero attached hydrogens (tertiary/aromatic N) is 2. The number of phenolic OH excluding ortho intramolecular Hbond substituents is 1. The topological polar surface area (TPSA) is 165 Å². The number of halogens is 1. The number of rotatable bonds is 4. The number of phenols is 1. The Hall–Kier alpha value is -3.64. The average molecular weight is 671 g/mol. The van der Waals surface area contributed by atoms with E-state index < -0.39 is 58.0 Å². The van der Waals surface area contributed by atoms with Gasteiger partial charge in [-0.25, -0.2) is 0 Å². The van der Waals surface area contributed by atoms with Gasteiger partial charge >= 0.3 is 171 Å². The second-order valence-corrected chi connectivity index (χ2v) is 11.7.